The van der Waals surface area contributed by atoms with E-state index in [1.807, 2.05) is 45.0 Å². The van der Waals surface area contributed by atoms with Crippen LogP contribution < -0.4 is 16.0 Å². The number of amides is 1. The quantitative estimate of drug-likeness (QED) is 0.644. The van der Waals surface area contributed by atoms with Gasteiger partial charge < -0.3 is 21.1 Å². The molecule has 23 heavy (non-hydrogen) atoms. The van der Waals surface area contributed by atoms with E-state index in [1.165, 1.54) is 5.56 Å². The summed E-state index contributed by atoms with van der Waals surface area (Å²) in [7, 11) is 0. The third kappa shape index (κ3) is 6.18. The van der Waals surface area contributed by atoms with Crippen LogP contribution in [0.1, 0.15) is 25.8 Å². The highest BCUT2D eigenvalue weighted by Crippen LogP contribution is 2.17. The van der Waals surface area contributed by atoms with E-state index >= 15 is 0 Å². The molecule has 0 aromatic heterocycles. The number of β-amino-alcohol motifs (C(OH)–C–C–N with tert-alkyl or cyclic N) is 1. The molecule has 1 atom stereocenters. The molecule has 1 saturated heterocycles. The van der Waals surface area contributed by atoms with Gasteiger partial charge in [0.2, 0.25) is 5.91 Å². The molecule has 0 aliphatic carbocycles. The first-order valence-electron chi connectivity index (χ1n) is 7.37. The molecule has 1 aliphatic heterocycles. The van der Waals surface area contributed by atoms with Gasteiger partial charge in [-0.1, -0.05) is 17.7 Å². The Balaban J connectivity index is 0.00000242. The topological polar surface area (TPSA) is 73.4 Å². The maximum absolute atomic E-state index is 12.3. The van der Waals surface area contributed by atoms with Crippen molar-refractivity contribution < 1.29 is 9.90 Å². The van der Waals surface area contributed by atoms with Crippen molar-refractivity contribution in [3.05, 3.63) is 29.8 Å². The van der Waals surface area contributed by atoms with Gasteiger partial charge in [0.15, 0.2) is 0 Å². The van der Waals surface area contributed by atoms with Gasteiger partial charge in [0, 0.05) is 18.8 Å². The molecule has 0 radical (unpaired) electrons. The fourth-order valence-electron chi connectivity index (χ4n) is 2.40. The predicted octanol–water partition coefficient (Wildman–Crippen LogP) is 1.87. The summed E-state index contributed by atoms with van der Waals surface area (Å²) >= 11 is 0. The van der Waals surface area contributed by atoms with Crippen LogP contribution in [0.15, 0.2) is 24.3 Å². The van der Waals surface area contributed by atoms with Gasteiger partial charge in [-0.05, 0) is 45.9 Å². The van der Waals surface area contributed by atoms with E-state index < -0.39 is 11.1 Å². The molecule has 5 nitrogen and oxygen atoms in total. The summed E-state index contributed by atoms with van der Waals surface area (Å²) in [6.07, 6.45) is 0.666. The molecule has 1 heterocycles. The van der Waals surface area contributed by atoms with Gasteiger partial charge in [0.25, 0.3) is 0 Å². The highest BCUT2D eigenvalue weighted by Gasteiger charge is 2.34. The minimum absolute atomic E-state index is 0. The zero-order chi connectivity index (χ0) is 15.5. The highest BCUT2D eigenvalue weighted by molar-refractivity contribution is 5.88. The third-order valence-corrected chi connectivity index (χ3v) is 3.88. The van der Waals surface area contributed by atoms with Gasteiger partial charge in [-0.15, -0.1) is 24.8 Å². The number of aliphatic hydroxyl groups is 1. The second-order valence-electron chi connectivity index (χ2n) is 6.45. The Kier molecular flexibility index (Phi) is 8.35. The normalized spacial score (nSPS) is 20.2. The lowest BCUT2D eigenvalue weighted by Gasteiger charge is -2.29. The van der Waals surface area contributed by atoms with Crippen molar-refractivity contribution >= 4 is 36.4 Å². The lowest BCUT2D eigenvalue weighted by atomic mass is 10.0. The summed E-state index contributed by atoms with van der Waals surface area (Å²) in [4.78, 5) is 12.3. The van der Waals surface area contributed by atoms with Crippen molar-refractivity contribution in [2.75, 3.05) is 25.0 Å². The number of halogens is 2. The molecule has 1 fully saturated rings. The molecule has 4 N–H and O–H groups in total. The average Bonchev–Trinajstić information content (AvgIpc) is 2.86. The molecule has 0 saturated carbocycles. The van der Waals surface area contributed by atoms with Crippen molar-refractivity contribution in [1.29, 1.82) is 0 Å². The van der Waals surface area contributed by atoms with E-state index in [-0.39, 0.29) is 37.3 Å². The minimum atomic E-state index is -0.824. The molecule has 1 aromatic rings. The Hall–Kier alpha value is -1.01. The van der Waals surface area contributed by atoms with E-state index in [9.17, 15) is 9.90 Å². The lowest BCUT2D eigenvalue weighted by Crippen LogP contribution is -2.53. The van der Waals surface area contributed by atoms with Crippen LogP contribution >= 0.6 is 24.8 Å². The van der Waals surface area contributed by atoms with Crippen LogP contribution in [-0.2, 0) is 4.79 Å². The zero-order valence-corrected chi connectivity index (χ0v) is 15.4. The molecule has 0 spiro atoms. The first-order chi connectivity index (χ1) is 9.81. The third-order valence-electron chi connectivity index (χ3n) is 3.88. The van der Waals surface area contributed by atoms with E-state index in [1.54, 1.807) is 0 Å². The van der Waals surface area contributed by atoms with Gasteiger partial charge in [-0.2, -0.15) is 0 Å². The number of hydrogen-bond donors (Lipinski definition) is 4. The van der Waals surface area contributed by atoms with Crippen molar-refractivity contribution in [2.45, 2.75) is 38.3 Å². The van der Waals surface area contributed by atoms with Crippen LogP contribution in [0.3, 0.4) is 0 Å². The van der Waals surface area contributed by atoms with Gasteiger partial charge in [0.1, 0.15) is 5.54 Å². The second-order valence-corrected chi connectivity index (χ2v) is 6.45. The first kappa shape index (κ1) is 22.0. The van der Waals surface area contributed by atoms with E-state index in [4.69, 9.17) is 0 Å². The highest BCUT2D eigenvalue weighted by atomic mass is 35.5. The molecular formula is C16H27Cl2N3O2. The summed E-state index contributed by atoms with van der Waals surface area (Å²) in [5, 5.41) is 19.4. The Labute approximate surface area is 150 Å². The first-order valence-corrected chi connectivity index (χ1v) is 7.37. The Morgan fingerprint density at radius 1 is 1.30 bits per heavy atom. The maximum Gasteiger partial charge on any atom is 0.245 e. The predicted molar refractivity (Wildman–Crippen MR) is 98.8 cm³/mol. The minimum Gasteiger partial charge on any atom is -0.387 e. The average molecular weight is 364 g/mol. The number of carbonyl (C=O) groups excluding carboxylic acids is 1. The Morgan fingerprint density at radius 2 is 1.91 bits per heavy atom. The molecule has 1 unspecified atom stereocenters. The van der Waals surface area contributed by atoms with E-state index in [0.717, 1.165) is 12.2 Å². The SMILES string of the molecule is Cc1ccc(NC(C)(C)C(=O)NCC2(O)CCNC2)cc1.Cl.Cl. The molecule has 7 heteroatoms. The molecule has 0 bridgehead atoms. The van der Waals surface area contributed by atoms with Crippen LogP contribution in [0.25, 0.3) is 0 Å². The molecule has 132 valence electrons. The summed E-state index contributed by atoms with van der Waals surface area (Å²) in [6, 6.07) is 7.92. The van der Waals surface area contributed by atoms with Crippen molar-refractivity contribution in [3.8, 4) is 0 Å². The van der Waals surface area contributed by atoms with Gasteiger partial charge in [-0.25, -0.2) is 0 Å². The number of rotatable bonds is 5. The van der Waals surface area contributed by atoms with Crippen LogP contribution in [-0.4, -0.2) is 41.8 Å². The maximum atomic E-state index is 12.3. The summed E-state index contributed by atoms with van der Waals surface area (Å²) < 4.78 is 0. The Bertz CT molecular complexity index is 501. The zero-order valence-electron chi connectivity index (χ0n) is 13.8. The number of anilines is 1. The fraction of sp³-hybridized carbons (Fsp3) is 0.562. The van der Waals surface area contributed by atoms with Gasteiger partial charge in [0.05, 0.1) is 5.60 Å². The van der Waals surface area contributed by atoms with Crippen LogP contribution in [0, 0.1) is 6.92 Å². The summed E-state index contributed by atoms with van der Waals surface area (Å²) in [5.41, 5.74) is 0.522. The van der Waals surface area contributed by atoms with E-state index in [0.29, 0.717) is 13.0 Å². The number of benzene rings is 1. The van der Waals surface area contributed by atoms with Crippen LogP contribution in [0.5, 0.6) is 0 Å². The smallest absolute Gasteiger partial charge is 0.245 e. The lowest BCUT2D eigenvalue weighted by molar-refractivity contribution is -0.125. The van der Waals surface area contributed by atoms with Crippen molar-refractivity contribution in [2.24, 2.45) is 0 Å². The molecule has 2 rings (SSSR count). The van der Waals surface area contributed by atoms with Crippen molar-refractivity contribution in [1.82, 2.24) is 10.6 Å². The largest absolute Gasteiger partial charge is 0.387 e. The van der Waals surface area contributed by atoms with Crippen LogP contribution in [0.4, 0.5) is 5.69 Å². The molecule has 1 aromatic carbocycles. The molecular weight excluding hydrogens is 337 g/mol. The van der Waals surface area contributed by atoms with Gasteiger partial charge in [-0.3, -0.25) is 4.79 Å². The number of hydrogen-bond acceptors (Lipinski definition) is 4. The fourth-order valence-corrected chi connectivity index (χ4v) is 2.40. The second kappa shape index (κ2) is 8.73. The summed E-state index contributed by atoms with van der Waals surface area (Å²) in [6.45, 7) is 7.28. The number of aryl methyl sites for hydroxylation is 1. The number of carbonyl (C=O) groups is 1. The van der Waals surface area contributed by atoms with E-state index in [2.05, 4.69) is 16.0 Å². The van der Waals surface area contributed by atoms with Crippen molar-refractivity contribution in [3.63, 3.8) is 0 Å². The van der Waals surface area contributed by atoms with Gasteiger partial charge >= 0.3 is 0 Å². The standard InChI is InChI=1S/C16H25N3O2.2ClH/c1-12-4-6-13(7-5-12)19-15(2,3)14(20)18-11-16(21)8-9-17-10-16;;/h4-7,17,19,21H,8-11H2,1-3H3,(H,18,20);2*1H. The molecule has 1 amide bonds. The summed E-state index contributed by atoms with van der Waals surface area (Å²) in [5.74, 6) is -0.122. The van der Waals surface area contributed by atoms with Crippen LogP contribution in [0.2, 0.25) is 0 Å². The number of nitrogens with one attached hydrogen (secondary N) is 3. The monoisotopic (exact) mass is 363 g/mol. The Morgan fingerprint density at radius 3 is 2.43 bits per heavy atom. The molecule has 1 aliphatic rings.